The molecule has 0 unspecified atom stereocenters. The quantitative estimate of drug-likeness (QED) is 0.238. The van der Waals surface area contributed by atoms with Crippen molar-refractivity contribution in [3.05, 3.63) is 143 Å². The predicted molar refractivity (Wildman–Crippen MR) is 171 cm³/mol. The fourth-order valence-electron chi connectivity index (χ4n) is 5.05. The Bertz CT molecular complexity index is 1660. The molecule has 0 atom stereocenters. The van der Waals surface area contributed by atoms with E-state index in [1.54, 1.807) is 36.2 Å². The van der Waals surface area contributed by atoms with Crippen molar-refractivity contribution < 1.29 is 19.1 Å². The van der Waals surface area contributed by atoms with Crippen molar-refractivity contribution in [3.63, 3.8) is 0 Å². The zero-order valence-electron chi connectivity index (χ0n) is 24.4. The van der Waals surface area contributed by atoms with Gasteiger partial charge >= 0.3 is 0 Å². The van der Waals surface area contributed by atoms with E-state index >= 15 is 0 Å². The van der Waals surface area contributed by atoms with Crippen LogP contribution in [0, 0.1) is 0 Å². The summed E-state index contributed by atoms with van der Waals surface area (Å²) >= 11 is 0. The number of methoxy groups -OCH3 is 2. The first-order valence-corrected chi connectivity index (χ1v) is 14.2. The van der Waals surface area contributed by atoms with Crippen molar-refractivity contribution in [1.82, 2.24) is 9.80 Å². The van der Waals surface area contributed by atoms with Gasteiger partial charge in [0.1, 0.15) is 34.6 Å². The molecule has 4 aromatic rings. The summed E-state index contributed by atoms with van der Waals surface area (Å²) in [5.74, 6) is 2.05. The lowest BCUT2D eigenvalue weighted by atomic mass is 10.1. The van der Waals surface area contributed by atoms with E-state index in [9.17, 15) is 9.59 Å². The molecule has 44 heavy (non-hydrogen) atoms. The number of aliphatic imine (C=N–C) groups is 2. The van der Waals surface area contributed by atoms with E-state index < -0.39 is 0 Å². The molecule has 8 heteroatoms. The summed E-state index contributed by atoms with van der Waals surface area (Å²) < 4.78 is 10.5. The van der Waals surface area contributed by atoms with E-state index in [2.05, 4.69) is 0 Å². The molecule has 218 valence electrons. The van der Waals surface area contributed by atoms with E-state index in [0.29, 0.717) is 23.1 Å². The lowest BCUT2D eigenvalue weighted by Gasteiger charge is -2.23. The van der Waals surface area contributed by atoms with Crippen molar-refractivity contribution >= 4 is 35.6 Å². The van der Waals surface area contributed by atoms with Crippen molar-refractivity contribution in [2.75, 3.05) is 27.3 Å². The first-order valence-electron chi connectivity index (χ1n) is 14.2. The van der Waals surface area contributed by atoms with E-state index in [-0.39, 0.29) is 24.9 Å². The van der Waals surface area contributed by atoms with Gasteiger partial charge < -0.3 is 9.47 Å². The molecule has 0 radical (unpaired) electrons. The van der Waals surface area contributed by atoms with Crippen LogP contribution in [-0.4, -0.2) is 60.6 Å². The van der Waals surface area contributed by atoms with E-state index in [1.807, 2.05) is 109 Å². The Kier molecular flexibility index (Phi) is 8.14. The van der Waals surface area contributed by atoms with Crippen LogP contribution in [0.1, 0.15) is 22.3 Å². The van der Waals surface area contributed by atoms with Crippen molar-refractivity contribution in [3.8, 4) is 11.5 Å². The second kappa shape index (κ2) is 12.6. The average molecular weight is 583 g/mol. The topological polar surface area (TPSA) is 83.8 Å². The molecule has 0 aliphatic carbocycles. The number of carbonyl (C=O) groups is 2. The summed E-state index contributed by atoms with van der Waals surface area (Å²) in [6, 6.07) is 34.0. The van der Waals surface area contributed by atoms with Crippen molar-refractivity contribution in [2.45, 2.75) is 0 Å². The Labute approximate surface area is 255 Å². The molecule has 0 saturated heterocycles. The van der Waals surface area contributed by atoms with Crippen LogP contribution < -0.4 is 9.47 Å². The number of benzene rings is 4. The van der Waals surface area contributed by atoms with Gasteiger partial charge in [-0.15, -0.1) is 0 Å². The number of amides is 2. The molecular weight excluding hydrogens is 552 g/mol. The second-order valence-electron chi connectivity index (χ2n) is 10.1. The van der Waals surface area contributed by atoms with Gasteiger partial charge in [0.05, 0.1) is 14.2 Å². The smallest absolute Gasteiger partial charge is 0.278 e. The lowest BCUT2D eigenvalue weighted by Crippen LogP contribution is -2.42. The van der Waals surface area contributed by atoms with Crippen LogP contribution in [0.3, 0.4) is 0 Å². The van der Waals surface area contributed by atoms with E-state index in [1.165, 1.54) is 0 Å². The summed E-state index contributed by atoms with van der Waals surface area (Å²) in [7, 11) is 3.22. The van der Waals surface area contributed by atoms with Crippen LogP contribution in [0.5, 0.6) is 11.5 Å². The fourth-order valence-corrected chi connectivity index (χ4v) is 5.05. The number of rotatable bonds is 9. The van der Waals surface area contributed by atoms with Gasteiger partial charge in [0.25, 0.3) is 11.8 Å². The third-order valence-electron chi connectivity index (χ3n) is 7.34. The molecule has 2 aliphatic rings. The highest BCUT2D eigenvalue weighted by atomic mass is 16.5. The molecule has 0 N–H and O–H groups in total. The standard InChI is InChI=1S/C36H30N4O4/c1-43-29-17-13-25(14-18-29)23-31-35(41)39(33(37-31)27-9-5-3-6-10-27)21-22-40-34(28-11-7-4-8-12-28)38-32(36(40)42)24-26-15-19-30(44-2)20-16-26/h3-20,23-24H,21-22H2,1-2H3. The van der Waals surface area contributed by atoms with Gasteiger partial charge in [-0.2, -0.15) is 0 Å². The van der Waals surface area contributed by atoms with Crippen LogP contribution in [0.2, 0.25) is 0 Å². The maximum Gasteiger partial charge on any atom is 0.278 e. The SMILES string of the molecule is COc1ccc(C=C2N=C(c3ccccc3)N(CCN3C(=O)C(=Cc4ccc(OC)cc4)N=C3c3ccccc3)C2=O)cc1. The molecule has 0 saturated carbocycles. The molecule has 0 spiro atoms. The van der Waals surface area contributed by atoms with Crippen molar-refractivity contribution in [2.24, 2.45) is 9.98 Å². The van der Waals surface area contributed by atoms with Crippen LogP contribution in [0.4, 0.5) is 0 Å². The molecular formula is C36H30N4O4. The highest BCUT2D eigenvalue weighted by Gasteiger charge is 2.35. The van der Waals surface area contributed by atoms with Crippen LogP contribution in [-0.2, 0) is 9.59 Å². The van der Waals surface area contributed by atoms with Crippen molar-refractivity contribution in [1.29, 1.82) is 0 Å². The molecule has 2 amide bonds. The summed E-state index contributed by atoms with van der Waals surface area (Å²) in [5, 5.41) is 0. The summed E-state index contributed by atoms with van der Waals surface area (Å²) in [6.07, 6.45) is 3.52. The molecule has 0 bridgehead atoms. The minimum absolute atomic E-state index is 0.222. The highest BCUT2D eigenvalue weighted by molar-refractivity contribution is 6.21. The number of nitrogens with zero attached hydrogens (tertiary/aromatic N) is 4. The largest absolute Gasteiger partial charge is 0.497 e. The minimum atomic E-state index is -0.237. The molecule has 6 rings (SSSR count). The van der Waals surface area contributed by atoms with Gasteiger partial charge in [0, 0.05) is 24.2 Å². The molecule has 0 fully saturated rings. The second-order valence-corrected chi connectivity index (χ2v) is 10.1. The Morgan fingerprint density at radius 3 is 1.25 bits per heavy atom. The molecule has 4 aromatic carbocycles. The van der Waals surface area contributed by atoms with Crippen LogP contribution in [0.15, 0.2) is 131 Å². The third kappa shape index (κ3) is 5.91. The monoisotopic (exact) mass is 582 g/mol. The number of carbonyl (C=O) groups excluding carboxylic acids is 2. The molecule has 2 aliphatic heterocycles. The summed E-state index contributed by atoms with van der Waals surface area (Å²) in [5.41, 5.74) is 3.91. The van der Waals surface area contributed by atoms with Gasteiger partial charge in [-0.3, -0.25) is 19.4 Å². The van der Waals surface area contributed by atoms with Gasteiger partial charge in [0.2, 0.25) is 0 Å². The van der Waals surface area contributed by atoms with E-state index in [0.717, 1.165) is 33.8 Å². The van der Waals surface area contributed by atoms with Crippen LogP contribution in [0.25, 0.3) is 12.2 Å². The number of hydrogen-bond donors (Lipinski definition) is 0. The Morgan fingerprint density at radius 1 is 0.545 bits per heavy atom. The minimum Gasteiger partial charge on any atom is -0.497 e. The Hall–Kier alpha value is -5.76. The maximum atomic E-state index is 13.8. The summed E-state index contributed by atoms with van der Waals surface area (Å²) in [6.45, 7) is 0.444. The number of ether oxygens (including phenoxy) is 2. The zero-order chi connectivity index (χ0) is 30.5. The third-order valence-corrected chi connectivity index (χ3v) is 7.34. The lowest BCUT2D eigenvalue weighted by molar-refractivity contribution is -0.125. The first-order chi connectivity index (χ1) is 21.5. The predicted octanol–water partition coefficient (Wildman–Crippen LogP) is 5.66. The number of hydrogen-bond acceptors (Lipinski definition) is 6. The van der Waals surface area contributed by atoms with Crippen LogP contribution >= 0.6 is 0 Å². The number of amidine groups is 2. The maximum absolute atomic E-state index is 13.8. The molecule has 2 heterocycles. The normalized spacial score (nSPS) is 16.5. The highest BCUT2D eigenvalue weighted by Crippen LogP contribution is 2.26. The Morgan fingerprint density at radius 2 is 0.909 bits per heavy atom. The van der Waals surface area contributed by atoms with Gasteiger partial charge in [-0.05, 0) is 47.5 Å². The van der Waals surface area contributed by atoms with Gasteiger partial charge in [-0.1, -0.05) is 84.9 Å². The molecule has 0 aromatic heterocycles. The summed E-state index contributed by atoms with van der Waals surface area (Å²) in [4.78, 5) is 40.3. The molecule has 8 nitrogen and oxygen atoms in total. The van der Waals surface area contributed by atoms with Gasteiger partial charge in [-0.25, -0.2) is 9.98 Å². The Balaban J connectivity index is 1.30. The average Bonchev–Trinajstić information content (AvgIpc) is 3.56. The fraction of sp³-hybridized carbons (Fsp3) is 0.111. The van der Waals surface area contributed by atoms with E-state index in [4.69, 9.17) is 19.5 Å². The first kappa shape index (κ1) is 28.4. The van der Waals surface area contributed by atoms with Gasteiger partial charge in [0.15, 0.2) is 0 Å². The zero-order valence-corrected chi connectivity index (χ0v) is 24.4.